The van der Waals surface area contributed by atoms with Crippen LogP contribution in [-0.4, -0.2) is 29.3 Å². The standard InChI is InChI=1S/C6H11NO3/c1-2-4(9)6(7)5(10)3-8/h6,8H,2-3,7H2,1H3. The van der Waals surface area contributed by atoms with Crippen molar-refractivity contribution in [2.45, 2.75) is 19.4 Å². The molecule has 3 N–H and O–H groups in total. The van der Waals surface area contributed by atoms with Crippen molar-refractivity contribution in [2.75, 3.05) is 6.61 Å². The van der Waals surface area contributed by atoms with E-state index in [0.717, 1.165) is 0 Å². The Morgan fingerprint density at radius 3 is 2.30 bits per heavy atom. The topological polar surface area (TPSA) is 80.4 Å². The van der Waals surface area contributed by atoms with Gasteiger partial charge in [0, 0.05) is 6.42 Å². The van der Waals surface area contributed by atoms with E-state index in [1.807, 2.05) is 0 Å². The maximum atomic E-state index is 10.7. The molecule has 10 heavy (non-hydrogen) atoms. The summed E-state index contributed by atoms with van der Waals surface area (Å²) in [7, 11) is 0. The summed E-state index contributed by atoms with van der Waals surface area (Å²) in [5, 5.41) is 8.27. The van der Waals surface area contributed by atoms with Gasteiger partial charge in [0.15, 0.2) is 11.6 Å². The average molecular weight is 145 g/mol. The van der Waals surface area contributed by atoms with Crippen LogP contribution in [0.1, 0.15) is 13.3 Å². The van der Waals surface area contributed by atoms with Crippen LogP contribution in [0.2, 0.25) is 0 Å². The predicted octanol–water partition coefficient (Wildman–Crippen LogP) is -1.15. The van der Waals surface area contributed by atoms with Crippen LogP contribution in [0.25, 0.3) is 0 Å². The molecule has 0 saturated carbocycles. The van der Waals surface area contributed by atoms with Gasteiger partial charge in [-0.3, -0.25) is 9.59 Å². The second-order valence-corrected chi connectivity index (χ2v) is 1.92. The third-order valence-electron chi connectivity index (χ3n) is 1.20. The normalized spacial score (nSPS) is 12.7. The first-order valence-corrected chi connectivity index (χ1v) is 3.05. The van der Waals surface area contributed by atoms with E-state index in [1.165, 1.54) is 0 Å². The Morgan fingerprint density at radius 1 is 1.50 bits per heavy atom. The lowest BCUT2D eigenvalue weighted by Gasteiger charge is -2.03. The Balaban J connectivity index is 3.94. The SMILES string of the molecule is CCC(=O)C(N)C(=O)CO. The molecule has 0 rings (SSSR count). The zero-order valence-electron chi connectivity index (χ0n) is 5.83. The van der Waals surface area contributed by atoms with Crippen LogP contribution in [-0.2, 0) is 9.59 Å². The fraction of sp³-hybridized carbons (Fsp3) is 0.667. The van der Waals surface area contributed by atoms with Crippen LogP contribution in [0.3, 0.4) is 0 Å². The van der Waals surface area contributed by atoms with Crippen molar-refractivity contribution in [3.05, 3.63) is 0 Å². The molecular formula is C6H11NO3. The number of ketones is 2. The minimum absolute atomic E-state index is 0.229. The van der Waals surface area contributed by atoms with Gasteiger partial charge in [-0.1, -0.05) is 6.92 Å². The molecule has 0 aliphatic heterocycles. The fourth-order valence-electron chi connectivity index (χ4n) is 0.498. The number of carbonyl (C=O) groups is 2. The molecule has 4 heteroatoms. The van der Waals surface area contributed by atoms with E-state index in [1.54, 1.807) is 6.92 Å². The summed E-state index contributed by atoms with van der Waals surface area (Å²) in [6, 6.07) is -1.13. The van der Waals surface area contributed by atoms with Gasteiger partial charge in [-0.05, 0) is 0 Å². The Labute approximate surface area is 59.0 Å². The van der Waals surface area contributed by atoms with E-state index < -0.39 is 18.4 Å². The Kier molecular flexibility index (Phi) is 3.83. The maximum Gasteiger partial charge on any atom is 0.182 e. The average Bonchev–Trinajstić information content (AvgIpc) is 2.00. The zero-order chi connectivity index (χ0) is 8.15. The van der Waals surface area contributed by atoms with E-state index >= 15 is 0 Å². The van der Waals surface area contributed by atoms with Gasteiger partial charge in [0.1, 0.15) is 12.6 Å². The molecule has 0 heterocycles. The molecule has 0 radical (unpaired) electrons. The Bertz CT molecular complexity index is 128. The van der Waals surface area contributed by atoms with E-state index in [2.05, 4.69) is 0 Å². The van der Waals surface area contributed by atoms with Gasteiger partial charge in [0.2, 0.25) is 0 Å². The van der Waals surface area contributed by atoms with Gasteiger partial charge in [0.25, 0.3) is 0 Å². The first kappa shape index (κ1) is 9.26. The molecule has 4 nitrogen and oxygen atoms in total. The van der Waals surface area contributed by atoms with Crippen molar-refractivity contribution in [1.29, 1.82) is 0 Å². The molecule has 1 atom stereocenters. The summed E-state index contributed by atoms with van der Waals surface area (Å²) in [6.07, 6.45) is 0.229. The van der Waals surface area contributed by atoms with E-state index in [0.29, 0.717) is 0 Å². The first-order valence-electron chi connectivity index (χ1n) is 3.05. The molecular weight excluding hydrogens is 134 g/mol. The second kappa shape index (κ2) is 4.14. The summed E-state index contributed by atoms with van der Waals surface area (Å²) in [5.74, 6) is -0.953. The first-order chi connectivity index (χ1) is 4.63. The van der Waals surface area contributed by atoms with Crippen molar-refractivity contribution in [3.63, 3.8) is 0 Å². The Morgan fingerprint density at radius 2 is 2.00 bits per heavy atom. The van der Waals surface area contributed by atoms with Gasteiger partial charge in [0.05, 0.1) is 0 Å². The number of Topliss-reactive ketones (excluding diaryl/α,β-unsaturated/α-hetero) is 2. The highest BCUT2D eigenvalue weighted by Gasteiger charge is 2.18. The number of hydrogen-bond acceptors (Lipinski definition) is 4. The van der Waals surface area contributed by atoms with Crippen LogP contribution in [0.5, 0.6) is 0 Å². The third kappa shape index (κ3) is 2.24. The monoisotopic (exact) mass is 145 g/mol. The smallest absolute Gasteiger partial charge is 0.182 e. The number of nitrogens with two attached hydrogens (primary N) is 1. The van der Waals surface area contributed by atoms with Crippen molar-refractivity contribution >= 4 is 11.6 Å². The highest BCUT2D eigenvalue weighted by Crippen LogP contribution is 1.88. The quantitative estimate of drug-likeness (QED) is 0.490. The fourth-order valence-corrected chi connectivity index (χ4v) is 0.498. The van der Waals surface area contributed by atoms with E-state index in [9.17, 15) is 9.59 Å². The van der Waals surface area contributed by atoms with Crippen molar-refractivity contribution < 1.29 is 14.7 Å². The summed E-state index contributed by atoms with van der Waals surface area (Å²) >= 11 is 0. The number of aliphatic hydroxyl groups excluding tert-OH is 1. The predicted molar refractivity (Wildman–Crippen MR) is 35.4 cm³/mol. The van der Waals surface area contributed by atoms with Gasteiger partial charge >= 0.3 is 0 Å². The van der Waals surface area contributed by atoms with Crippen molar-refractivity contribution in [2.24, 2.45) is 5.73 Å². The van der Waals surface area contributed by atoms with Gasteiger partial charge < -0.3 is 10.8 Å². The van der Waals surface area contributed by atoms with Crippen LogP contribution in [0, 0.1) is 0 Å². The van der Waals surface area contributed by atoms with Crippen molar-refractivity contribution in [1.82, 2.24) is 0 Å². The highest BCUT2D eigenvalue weighted by molar-refractivity contribution is 6.06. The molecule has 0 aliphatic rings. The van der Waals surface area contributed by atoms with Gasteiger partial charge in [-0.25, -0.2) is 0 Å². The molecule has 0 fully saturated rings. The summed E-state index contributed by atoms with van der Waals surface area (Å²) in [5.41, 5.74) is 5.12. The lowest BCUT2D eigenvalue weighted by molar-refractivity contribution is -0.130. The summed E-state index contributed by atoms with van der Waals surface area (Å²) < 4.78 is 0. The molecule has 0 bridgehead atoms. The molecule has 0 spiro atoms. The Hall–Kier alpha value is -0.740. The minimum Gasteiger partial charge on any atom is -0.389 e. The molecule has 0 aromatic heterocycles. The molecule has 0 aliphatic carbocycles. The lowest BCUT2D eigenvalue weighted by Crippen LogP contribution is -2.39. The highest BCUT2D eigenvalue weighted by atomic mass is 16.3. The summed E-state index contributed by atoms with van der Waals surface area (Å²) in [4.78, 5) is 21.2. The number of aliphatic hydroxyl groups is 1. The largest absolute Gasteiger partial charge is 0.389 e. The van der Waals surface area contributed by atoms with Crippen molar-refractivity contribution in [3.8, 4) is 0 Å². The van der Waals surface area contributed by atoms with Crippen LogP contribution in [0.15, 0.2) is 0 Å². The third-order valence-corrected chi connectivity index (χ3v) is 1.20. The second-order valence-electron chi connectivity index (χ2n) is 1.92. The summed E-state index contributed by atoms with van der Waals surface area (Å²) in [6.45, 7) is 0.958. The lowest BCUT2D eigenvalue weighted by atomic mass is 10.1. The van der Waals surface area contributed by atoms with Gasteiger partial charge in [-0.2, -0.15) is 0 Å². The molecule has 0 amide bonds. The number of rotatable bonds is 4. The molecule has 0 saturated heterocycles. The van der Waals surface area contributed by atoms with E-state index in [-0.39, 0.29) is 12.2 Å². The number of carbonyl (C=O) groups excluding carboxylic acids is 2. The van der Waals surface area contributed by atoms with Gasteiger partial charge in [-0.15, -0.1) is 0 Å². The van der Waals surface area contributed by atoms with Crippen LogP contribution in [0.4, 0.5) is 0 Å². The van der Waals surface area contributed by atoms with Crippen LogP contribution >= 0.6 is 0 Å². The molecule has 58 valence electrons. The molecule has 1 unspecified atom stereocenters. The minimum atomic E-state index is -1.13. The molecule has 0 aromatic rings. The molecule has 0 aromatic carbocycles. The van der Waals surface area contributed by atoms with E-state index in [4.69, 9.17) is 10.8 Å². The maximum absolute atomic E-state index is 10.7. The zero-order valence-corrected chi connectivity index (χ0v) is 5.83. The number of hydrogen-bond donors (Lipinski definition) is 2. The van der Waals surface area contributed by atoms with Crippen LogP contribution < -0.4 is 5.73 Å².